The molecule has 2 aromatic heterocycles. The third kappa shape index (κ3) is 5.79. The van der Waals surface area contributed by atoms with E-state index in [-0.39, 0.29) is 17.5 Å². The lowest BCUT2D eigenvalue weighted by molar-refractivity contribution is -0.121. The molecule has 5 nitrogen and oxygen atoms in total. The third-order valence-corrected chi connectivity index (χ3v) is 6.84. The fourth-order valence-electron chi connectivity index (χ4n) is 3.82. The highest BCUT2D eigenvalue weighted by Crippen LogP contribution is 2.25. The van der Waals surface area contributed by atoms with Gasteiger partial charge in [-0.1, -0.05) is 42.3 Å². The molecule has 1 amide bonds. The SMILES string of the molecule is O=C(CCCCCn1c(=S)[nH]c2ccccc2c1=O)NC(c1ccc(Cl)cc1)c1ccsc1. The normalized spacial score (nSPS) is 12.0. The largest absolute Gasteiger partial charge is 0.345 e. The number of hydrogen-bond acceptors (Lipinski definition) is 4. The average molecular weight is 498 g/mol. The van der Waals surface area contributed by atoms with Crippen LogP contribution in [-0.4, -0.2) is 15.5 Å². The van der Waals surface area contributed by atoms with Gasteiger partial charge >= 0.3 is 0 Å². The van der Waals surface area contributed by atoms with Gasteiger partial charge in [0, 0.05) is 18.0 Å². The van der Waals surface area contributed by atoms with Gasteiger partial charge < -0.3 is 10.3 Å². The maximum atomic E-state index is 12.7. The van der Waals surface area contributed by atoms with E-state index in [2.05, 4.69) is 10.3 Å². The van der Waals surface area contributed by atoms with Crippen LogP contribution in [0.4, 0.5) is 0 Å². The highest BCUT2D eigenvalue weighted by molar-refractivity contribution is 7.71. The van der Waals surface area contributed by atoms with Gasteiger partial charge in [-0.15, -0.1) is 0 Å². The van der Waals surface area contributed by atoms with Gasteiger partial charge in [0.2, 0.25) is 5.91 Å². The molecular formula is C25H24ClN3O2S2. The van der Waals surface area contributed by atoms with Gasteiger partial charge in [-0.3, -0.25) is 14.2 Å². The number of aromatic nitrogens is 2. The fraction of sp³-hybridized carbons (Fsp3) is 0.240. The van der Waals surface area contributed by atoms with Crippen molar-refractivity contribution in [3.8, 4) is 0 Å². The molecule has 0 saturated carbocycles. The number of unbranched alkanes of at least 4 members (excludes halogenated alkanes) is 2. The Morgan fingerprint density at radius 2 is 1.85 bits per heavy atom. The average Bonchev–Trinajstić information content (AvgIpc) is 3.34. The Balaban J connectivity index is 1.31. The number of benzene rings is 2. The Morgan fingerprint density at radius 1 is 1.06 bits per heavy atom. The van der Waals surface area contributed by atoms with Gasteiger partial charge in [0.15, 0.2) is 4.77 Å². The Labute approximate surface area is 206 Å². The molecule has 0 fully saturated rings. The second-order valence-corrected chi connectivity index (χ2v) is 9.46. The van der Waals surface area contributed by atoms with Crippen LogP contribution in [-0.2, 0) is 11.3 Å². The number of nitrogens with one attached hydrogen (secondary N) is 2. The molecule has 0 saturated heterocycles. The van der Waals surface area contributed by atoms with Crippen molar-refractivity contribution in [2.75, 3.05) is 0 Å². The van der Waals surface area contributed by atoms with Gasteiger partial charge in [-0.2, -0.15) is 11.3 Å². The molecule has 0 spiro atoms. The van der Waals surface area contributed by atoms with Crippen LogP contribution in [0.5, 0.6) is 0 Å². The minimum absolute atomic E-state index is 0.00122. The molecule has 0 aliphatic heterocycles. The molecule has 4 aromatic rings. The predicted molar refractivity (Wildman–Crippen MR) is 138 cm³/mol. The van der Waals surface area contributed by atoms with Crippen LogP contribution in [0.3, 0.4) is 0 Å². The van der Waals surface area contributed by atoms with Gasteiger partial charge in [0.25, 0.3) is 5.56 Å². The molecule has 2 N–H and O–H groups in total. The Hall–Kier alpha value is -2.74. The highest BCUT2D eigenvalue weighted by Gasteiger charge is 2.17. The number of para-hydroxylation sites is 1. The number of rotatable bonds is 9. The van der Waals surface area contributed by atoms with E-state index < -0.39 is 0 Å². The summed E-state index contributed by atoms with van der Waals surface area (Å²) in [5.74, 6) is 0.00122. The summed E-state index contributed by atoms with van der Waals surface area (Å²) in [5, 5.41) is 8.50. The first-order valence-corrected chi connectivity index (χ1v) is 12.5. The van der Waals surface area contributed by atoms with E-state index >= 15 is 0 Å². The first kappa shape index (κ1) is 23.4. The summed E-state index contributed by atoms with van der Waals surface area (Å²) in [5.41, 5.74) is 2.73. The van der Waals surface area contributed by atoms with E-state index in [0.717, 1.165) is 35.9 Å². The summed E-state index contributed by atoms with van der Waals surface area (Å²) in [6, 6.07) is 16.7. The maximum Gasteiger partial charge on any atom is 0.262 e. The number of carbonyl (C=O) groups is 1. The molecule has 2 aromatic carbocycles. The van der Waals surface area contributed by atoms with Gasteiger partial charge in [0.1, 0.15) is 0 Å². The highest BCUT2D eigenvalue weighted by atomic mass is 35.5. The first-order chi connectivity index (χ1) is 16.0. The van der Waals surface area contributed by atoms with Gasteiger partial charge in [-0.25, -0.2) is 0 Å². The summed E-state index contributed by atoms with van der Waals surface area (Å²) in [6.45, 7) is 0.531. The molecule has 0 radical (unpaired) electrons. The zero-order valence-electron chi connectivity index (χ0n) is 17.9. The Kier molecular flexibility index (Phi) is 7.75. The molecule has 4 rings (SSSR count). The zero-order chi connectivity index (χ0) is 23.2. The predicted octanol–water partition coefficient (Wildman–Crippen LogP) is 6.24. The second kappa shape index (κ2) is 10.9. The Morgan fingerprint density at radius 3 is 2.61 bits per heavy atom. The fourth-order valence-corrected chi connectivity index (χ4v) is 4.92. The lowest BCUT2D eigenvalue weighted by atomic mass is 10.0. The van der Waals surface area contributed by atoms with Crippen LogP contribution in [0.15, 0.2) is 70.2 Å². The number of amides is 1. The molecule has 0 aliphatic rings. The minimum atomic E-state index is -0.199. The van der Waals surface area contributed by atoms with Crippen molar-refractivity contribution in [3.05, 3.63) is 96.6 Å². The maximum absolute atomic E-state index is 12.7. The second-order valence-electron chi connectivity index (χ2n) is 7.85. The summed E-state index contributed by atoms with van der Waals surface area (Å²) in [7, 11) is 0. The van der Waals surface area contributed by atoms with Crippen molar-refractivity contribution in [1.29, 1.82) is 0 Å². The molecule has 170 valence electrons. The molecule has 0 bridgehead atoms. The number of H-pyrrole nitrogens is 1. The molecule has 1 atom stereocenters. The van der Waals surface area contributed by atoms with Crippen molar-refractivity contribution in [3.63, 3.8) is 0 Å². The van der Waals surface area contributed by atoms with Crippen molar-refractivity contribution in [2.45, 2.75) is 38.3 Å². The number of halogens is 1. The summed E-state index contributed by atoms with van der Waals surface area (Å²) < 4.78 is 2.03. The number of fused-ring (bicyclic) bond motifs is 1. The van der Waals surface area contributed by atoms with Crippen molar-refractivity contribution < 1.29 is 4.79 Å². The quantitative estimate of drug-likeness (QED) is 0.212. The number of aromatic amines is 1. The first-order valence-electron chi connectivity index (χ1n) is 10.8. The van der Waals surface area contributed by atoms with Gasteiger partial charge in [0.05, 0.1) is 16.9 Å². The van der Waals surface area contributed by atoms with Crippen LogP contribution in [0.25, 0.3) is 10.9 Å². The van der Waals surface area contributed by atoms with Crippen LogP contribution in [0.1, 0.15) is 42.9 Å². The number of nitrogens with zero attached hydrogens (tertiary/aromatic N) is 1. The van der Waals surface area contributed by atoms with E-state index in [1.165, 1.54) is 0 Å². The minimum Gasteiger partial charge on any atom is -0.345 e. The van der Waals surface area contributed by atoms with E-state index in [0.29, 0.717) is 28.1 Å². The summed E-state index contributed by atoms with van der Waals surface area (Å²) >= 11 is 13.0. The number of carbonyl (C=O) groups excluding carboxylic acids is 1. The summed E-state index contributed by atoms with van der Waals surface area (Å²) in [4.78, 5) is 28.5. The molecule has 33 heavy (non-hydrogen) atoms. The monoisotopic (exact) mass is 497 g/mol. The number of hydrogen-bond donors (Lipinski definition) is 2. The topological polar surface area (TPSA) is 66.9 Å². The molecule has 8 heteroatoms. The lowest BCUT2D eigenvalue weighted by Gasteiger charge is -2.19. The van der Waals surface area contributed by atoms with E-state index in [1.807, 2.05) is 59.3 Å². The van der Waals surface area contributed by atoms with Crippen molar-refractivity contribution in [1.82, 2.24) is 14.9 Å². The third-order valence-electron chi connectivity index (χ3n) is 5.56. The smallest absolute Gasteiger partial charge is 0.262 e. The van der Waals surface area contributed by atoms with Crippen LogP contribution < -0.4 is 10.9 Å². The molecule has 1 unspecified atom stereocenters. The van der Waals surface area contributed by atoms with Crippen molar-refractivity contribution in [2.24, 2.45) is 0 Å². The zero-order valence-corrected chi connectivity index (χ0v) is 20.3. The standard InChI is InChI=1S/C25H24ClN3O2S2/c26-19-11-9-17(10-12-19)23(18-13-15-33-16-18)28-22(30)8-2-1-5-14-29-24(31)20-6-3-4-7-21(20)27-25(29)32/h3-4,6-7,9-13,15-16,23H,1-2,5,8,14H2,(H,27,32)(H,28,30). The number of thiophene rings is 1. The van der Waals surface area contributed by atoms with Crippen molar-refractivity contribution >= 4 is 52.0 Å². The van der Waals surface area contributed by atoms with Crippen LogP contribution >= 0.6 is 35.2 Å². The lowest BCUT2D eigenvalue weighted by Crippen LogP contribution is -2.28. The van der Waals surface area contributed by atoms with E-state index in [9.17, 15) is 9.59 Å². The van der Waals surface area contributed by atoms with Crippen LogP contribution in [0, 0.1) is 4.77 Å². The van der Waals surface area contributed by atoms with Gasteiger partial charge in [-0.05, 0) is 77.3 Å². The Bertz CT molecular complexity index is 1340. The van der Waals surface area contributed by atoms with E-state index in [1.54, 1.807) is 22.0 Å². The van der Waals surface area contributed by atoms with Crippen LogP contribution in [0.2, 0.25) is 5.02 Å². The molecule has 2 heterocycles. The molecular weight excluding hydrogens is 474 g/mol. The van der Waals surface area contributed by atoms with E-state index in [4.69, 9.17) is 23.8 Å². The molecule has 0 aliphatic carbocycles. The summed E-state index contributed by atoms with van der Waals surface area (Å²) in [6.07, 6.45) is 2.76.